The van der Waals surface area contributed by atoms with Crippen LogP contribution in [0.5, 0.6) is 0 Å². The Labute approximate surface area is 70.6 Å². The van der Waals surface area contributed by atoms with E-state index in [2.05, 4.69) is 4.62 Å². The van der Waals surface area contributed by atoms with E-state index in [1.54, 1.807) is 4.98 Å². The van der Waals surface area contributed by atoms with Crippen LogP contribution in [0.3, 0.4) is 0 Å². The van der Waals surface area contributed by atoms with Gasteiger partial charge < -0.3 is 4.62 Å². The molecule has 1 heterocycles. The Bertz CT molecular complexity index is 454. The number of H-pyrrole nitrogens is 1. The van der Waals surface area contributed by atoms with Crippen LogP contribution in [-0.4, -0.2) is 19.5 Å². The Balaban J connectivity index is 3.12. The van der Waals surface area contributed by atoms with Crippen LogP contribution in [0.4, 0.5) is 0 Å². The Morgan fingerprint density at radius 3 is 2.54 bits per heavy atom. The zero-order chi connectivity index (χ0) is 10.1. The van der Waals surface area contributed by atoms with Gasteiger partial charge in [-0.05, 0) is 0 Å². The maximum Gasteiger partial charge on any atom is 0.544 e. The minimum Gasteiger partial charge on any atom is -0.307 e. The van der Waals surface area contributed by atoms with Crippen molar-refractivity contribution in [2.45, 2.75) is 0 Å². The number of phosphoric acid groups is 1. The largest absolute Gasteiger partial charge is 0.544 e. The number of nitrogens with zero attached hydrogens (tertiary/aromatic N) is 1. The van der Waals surface area contributed by atoms with E-state index in [9.17, 15) is 14.2 Å². The van der Waals surface area contributed by atoms with Crippen molar-refractivity contribution >= 4 is 7.82 Å². The third-order valence-electron chi connectivity index (χ3n) is 0.986. The molecule has 0 aromatic carbocycles. The number of hydrogen-bond donors (Lipinski definition) is 3. The first-order valence-electron chi connectivity index (χ1n) is 2.96. The van der Waals surface area contributed by atoms with Crippen LogP contribution in [0.15, 0.2) is 21.9 Å². The fourth-order valence-electron chi connectivity index (χ4n) is 0.584. The first kappa shape index (κ1) is 9.72. The van der Waals surface area contributed by atoms with Crippen molar-refractivity contribution in [2.75, 3.05) is 0 Å². The number of nitrogens with one attached hydrogen (secondary N) is 1. The Morgan fingerprint density at radius 1 is 1.46 bits per heavy atom. The highest BCUT2D eigenvalue weighted by atomic mass is 31.2. The first-order valence-corrected chi connectivity index (χ1v) is 4.49. The van der Waals surface area contributed by atoms with Gasteiger partial charge in [-0.3, -0.25) is 19.6 Å². The molecule has 0 aliphatic heterocycles. The molecule has 1 aromatic heterocycles. The lowest BCUT2D eigenvalue weighted by Crippen LogP contribution is -2.31. The maximum absolute atomic E-state index is 10.8. The van der Waals surface area contributed by atoms with Crippen LogP contribution >= 0.6 is 7.82 Å². The summed E-state index contributed by atoms with van der Waals surface area (Å²) in [6.45, 7) is 0. The number of aromatic amines is 1. The van der Waals surface area contributed by atoms with Crippen LogP contribution in [0, 0.1) is 0 Å². The molecule has 9 heteroatoms. The highest BCUT2D eigenvalue weighted by Gasteiger charge is 2.16. The summed E-state index contributed by atoms with van der Waals surface area (Å²) in [4.78, 5) is 39.6. The normalized spacial score (nSPS) is 11.2. The second-order valence-electron chi connectivity index (χ2n) is 2.01. The summed E-state index contributed by atoms with van der Waals surface area (Å²) in [6.07, 6.45) is 0.806. The van der Waals surface area contributed by atoms with E-state index in [0.717, 1.165) is 12.3 Å². The molecule has 8 nitrogen and oxygen atoms in total. The molecule has 0 atom stereocenters. The number of aromatic nitrogens is 2. The highest BCUT2D eigenvalue weighted by Crippen LogP contribution is 2.30. The summed E-state index contributed by atoms with van der Waals surface area (Å²) in [5.41, 5.74) is -1.74. The van der Waals surface area contributed by atoms with Crippen LogP contribution in [0.2, 0.25) is 0 Å². The van der Waals surface area contributed by atoms with Crippen molar-refractivity contribution in [1.29, 1.82) is 0 Å². The van der Waals surface area contributed by atoms with E-state index < -0.39 is 19.1 Å². The summed E-state index contributed by atoms with van der Waals surface area (Å²) in [5, 5.41) is 0. The summed E-state index contributed by atoms with van der Waals surface area (Å²) in [5.74, 6) is 0. The van der Waals surface area contributed by atoms with Gasteiger partial charge in [0, 0.05) is 6.07 Å². The molecule has 1 rings (SSSR count). The maximum atomic E-state index is 10.8. The average molecular weight is 208 g/mol. The molecular weight excluding hydrogens is 203 g/mol. The Hall–Kier alpha value is -1.37. The molecule has 0 aliphatic rings. The molecule has 1 aromatic rings. The van der Waals surface area contributed by atoms with Crippen molar-refractivity contribution in [3.05, 3.63) is 33.1 Å². The molecule has 13 heavy (non-hydrogen) atoms. The van der Waals surface area contributed by atoms with Gasteiger partial charge in [0.05, 0.1) is 6.20 Å². The third-order valence-corrected chi connectivity index (χ3v) is 1.37. The number of rotatable bonds is 2. The second-order valence-corrected chi connectivity index (χ2v) is 3.15. The van der Waals surface area contributed by atoms with E-state index in [0.29, 0.717) is 0 Å². The summed E-state index contributed by atoms with van der Waals surface area (Å²) in [6, 6.07) is 0.886. The molecular formula is C4H5N2O6P. The minimum absolute atomic E-state index is 0.238. The quantitative estimate of drug-likeness (QED) is 0.486. The van der Waals surface area contributed by atoms with Crippen LogP contribution in [0.25, 0.3) is 0 Å². The summed E-state index contributed by atoms with van der Waals surface area (Å²) >= 11 is 0. The minimum atomic E-state index is -4.79. The van der Waals surface area contributed by atoms with Gasteiger partial charge in [-0.15, -0.1) is 4.73 Å². The van der Waals surface area contributed by atoms with Crippen molar-refractivity contribution in [3.8, 4) is 0 Å². The first-order chi connectivity index (χ1) is 5.88. The topological polar surface area (TPSA) is 122 Å². The lowest BCUT2D eigenvalue weighted by atomic mass is 10.7. The van der Waals surface area contributed by atoms with Crippen molar-refractivity contribution in [2.24, 2.45) is 0 Å². The fraction of sp³-hybridized carbons (Fsp3) is 0. The standard InChI is InChI=1S/C4H5N2O6P/c7-3-1-2-6(4(8)5-3)12-13(9,10)11/h1-2H,(H,5,7,8)(H2,9,10,11). The zero-order valence-corrected chi connectivity index (χ0v) is 6.97. The second kappa shape index (κ2) is 3.17. The monoisotopic (exact) mass is 208 g/mol. The molecule has 0 amide bonds. The molecule has 0 spiro atoms. The van der Waals surface area contributed by atoms with Crippen molar-refractivity contribution in [3.63, 3.8) is 0 Å². The van der Waals surface area contributed by atoms with Gasteiger partial charge in [0.2, 0.25) is 0 Å². The zero-order valence-electron chi connectivity index (χ0n) is 6.08. The van der Waals surface area contributed by atoms with E-state index in [4.69, 9.17) is 9.79 Å². The molecule has 0 saturated carbocycles. The molecule has 0 aliphatic carbocycles. The van der Waals surface area contributed by atoms with Gasteiger partial charge in [-0.25, -0.2) is 9.36 Å². The Kier molecular flexibility index (Phi) is 2.37. The lowest BCUT2D eigenvalue weighted by molar-refractivity contribution is 0.167. The van der Waals surface area contributed by atoms with Gasteiger partial charge in [-0.1, -0.05) is 0 Å². The smallest absolute Gasteiger partial charge is 0.307 e. The SMILES string of the molecule is O=c1ccn(OP(=O)(O)O)c(=O)[nH]1. The van der Waals surface area contributed by atoms with Gasteiger partial charge in [-0.2, -0.15) is 0 Å². The van der Waals surface area contributed by atoms with Crippen LogP contribution in [0.1, 0.15) is 0 Å². The molecule has 0 fully saturated rings. The van der Waals surface area contributed by atoms with E-state index in [1.807, 2.05) is 0 Å². The van der Waals surface area contributed by atoms with Gasteiger partial charge in [0.15, 0.2) is 0 Å². The Morgan fingerprint density at radius 2 is 2.08 bits per heavy atom. The van der Waals surface area contributed by atoms with Crippen molar-refractivity contribution in [1.82, 2.24) is 9.71 Å². The lowest BCUT2D eigenvalue weighted by Gasteiger charge is -2.05. The van der Waals surface area contributed by atoms with Crippen LogP contribution in [-0.2, 0) is 4.57 Å². The number of hydrogen-bond acceptors (Lipinski definition) is 4. The van der Waals surface area contributed by atoms with Gasteiger partial charge >= 0.3 is 13.5 Å². The average Bonchev–Trinajstić information content (AvgIpc) is 1.93. The van der Waals surface area contributed by atoms with E-state index in [1.165, 1.54) is 0 Å². The highest BCUT2D eigenvalue weighted by molar-refractivity contribution is 7.46. The summed E-state index contributed by atoms with van der Waals surface area (Å²) < 4.78 is 14.4. The van der Waals surface area contributed by atoms with Crippen molar-refractivity contribution < 1.29 is 19.0 Å². The van der Waals surface area contributed by atoms with E-state index >= 15 is 0 Å². The fourth-order valence-corrected chi connectivity index (χ4v) is 0.942. The molecule has 0 radical (unpaired) electrons. The molecule has 72 valence electrons. The predicted molar refractivity (Wildman–Crippen MR) is 39.9 cm³/mol. The molecule has 0 unspecified atom stereocenters. The van der Waals surface area contributed by atoms with Gasteiger partial charge in [0.1, 0.15) is 0 Å². The van der Waals surface area contributed by atoms with Gasteiger partial charge in [0.25, 0.3) is 5.56 Å². The summed E-state index contributed by atoms with van der Waals surface area (Å²) in [7, 11) is -4.79. The molecule has 3 N–H and O–H groups in total. The molecule has 0 bridgehead atoms. The van der Waals surface area contributed by atoms with Crippen LogP contribution < -0.4 is 15.9 Å². The third kappa shape index (κ3) is 2.86. The predicted octanol–water partition coefficient (Wildman–Crippen LogP) is -1.94. The molecule has 0 saturated heterocycles. The van der Waals surface area contributed by atoms with E-state index in [-0.39, 0.29) is 4.73 Å².